The third-order valence-electron chi connectivity index (χ3n) is 4.94. The number of hydrogen-bond acceptors (Lipinski definition) is 3. The van der Waals surface area contributed by atoms with Crippen LogP contribution >= 0.6 is 15.9 Å². The summed E-state index contributed by atoms with van der Waals surface area (Å²) in [5.74, 6) is 0.285. The minimum Gasteiger partial charge on any atom is -0.484 e. The number of benzene rings is 2. The highest BCUT2D eigenvalue weighted by Crippen LogP contribution is 2.26. The van der Waals surface area contributed by atoms with Gasteiger partial charge >= 0.3 is 0 Å². The number of rotatable bonds is 9. The average Bonchev–Trinajstić information content (AvgIpc) is 2.70. The normalized spacial score (nSPS) is 11.7. The van der Waals surface area contributed by atoms with Crippen molar-refractivity contribution in [2.45, 2.75) is 53.6 Å². The number of hydrogen-bond donors (Lipinski definition) is 1. The predicted octanol–water partition coefficient (Wildman–Crippen LogP) is 4.70. The van der Waals surface area contributed by atoms with Gasteiger partial charge in [0.15, 0.2) is 6.61 Å². The molecule has 162 valence electrons. The summed E-state index contributed by atoms with van der Waals surface area (Å²) < 4.78 is 6.85. The molecule has 5 nitrogen and oxygen atoms in total. The average molecular weight is 475 g/mol. The van der Waals surface area contributed by atoms with Gasteiger partial charge in [0.25, 0.3) is 5.91 Å². The van der Waals surface area contributed by atoms with Crippen LogP contribution in [0.4, 0.5) is 0 Å². The van der Waals surface area contributed by atoms with Gasteiger partial charge in [-0.2, -0.15) is 0 Å². The fourth-order valence-electron chi connectivity index (χ4n) is 3.44. The van der Waals surface area contributed by atoms with E-state index in [4.69, 9.17) is 4.74 Å². The fraction of sp³-hybridized carbons (Fsp3) is 0.417. The monoisotopic (exact) mass is 474 g/mol. The Morgan fingerprint density at radius 3 is 2.33 bits per heavy atom. The minimum absolute atomic E-state index is 0.123. The van der Waals surface area contributed by atoms with Crippen LogP contribution < -0.4 is 10.1 Å². The molecule has 0 heterocycles. The van der Waals surface area contributed by atoms with Gasteiger partial charge < -0.3 is 15.0 Å². The van der Waals surface area contributed by atoms with E-state index in [1.54, 1.807) is 4.90 Å². The molecular weight excluding hydrogens is 444 g/mol. The van der Waals surface area contributed by atoms with Crippen molar-refractivity contribution < 1.29 is 14.3 Å². The second-order valence-electron chi connectivity index (χ2n) is 7.49. The van der Waals surface area contributed by atoms with Gasteiger partial charge in [-0.3, -0.25) is 9.59 Å². The predicted molar refractivity (Wildman–Crippen MR) is 124 cm³/mol. The van der Waals surface area contributed by atoms with Crippen LogP contribution in [0, 0.1) is 20.8 Å². The van der Waals surface area contributed by atoms with Gasteiger partial charge in [-0.25, -0.2) is 0 Å². The highest BCUT2D eigenvalue weighted by molar-refractivity contribution is 9.10. The number of carbonyl (C=O) groups is 2. The van der Waals surface area contributed by atoms with Gasteiger partial charge in [-0.05, 0) is 62.9 Å². The number of amides is 2. The van der Waals surface area contributed by atoms with Crippen LogP contribution in [-0.2, 0) is 16.1 Å². The van der Waals surface area contributed by atoms with Crippen LogP contribution in [0.2, 0.25) is 0 Å². The number of halogens is 1. The van der Waals surface area contributed by atoms with Crippen LogP contribution in [0.25, 0.3) is 0 Å². The van der Waals surface area contributed by atoms with Crippen molar-refractivity contribution in [1.82, 2.24) is 10.2 Å². The van der Waals surface area contributed by atoms with Crippen molar-refractivity contribution in [2.24, 2.45) is 0 Å². The van der Waals surface area contributed by atoms with Crippen LogP contribution in [-0.4, -0.2) is 35.9 Å². The highest BCUT2D eigenvalue weighted by atomic mass is 79.9. The van der Waals surface area contributed by atoms with Crippen molar-refractivity contribution in [1.29, 1.82) is 0 Å². The summed E-state index contributed by atoms with van der Waals surface area (Å²) in [6, 6.07) is 11.2. The summed E-state index contributed by atoms with van der Waals surface area (Å²) in [5.41, 5.74) is 4.19. The zero-order valence-corrected chi connectivity index (χ0v) is 20.0. The molecule has 0 aliphatic rings. The van der Waals surface area contributed by atoms with Gasteiger partial charge in [0.1, 0.15) is 11.8 Å². The third kappa shape index (κ3) is 6.33. The molecule has 0 fully saturated rings. The molecule has 0 aliphatic heterocycles. The highest BCUT2D eigenvalue weighted by Gasteiger charge is 2.28. The minimum atomic E-state index is -0.546. The number of ether oxygens (including phenoxy) is 1. The second kappa shape index (κ2) is 11.2. The Morgan fingerprint density at radius 1 is 1.10 bits per heavy atom. The van der Waals surface area contributed by atoms with Crippen molar-refractivity contribution in [3.05, 3.63) is 63.1 Å². The van der Waals surface area contributed by atoms with Crippen LogP contribution in [0.1, 0.15) is 42.5 Å². The molecule has 1 unspecified atom stereocenters. The fourth-order valence-corrected chi connectivity index (χ4v) is 3.67. The van der Waals surface area contributed by atoms with Gasteiger partial charge in [-0.1, -0.05) is 52.7 Å². The molecule has 30 heavy (non-hydrogen) atoms. The van der Waals surface area contributed by atoms with Crippen LogP contribution in [0.15, 0.2) is 40.9 Å². The molecule has 2 aromatic rings. The maximum absolute atomic E-state index is 13.2. The molecular formula is C24H31BrN2O3. The third-order valence-corrected chi connectivity index (χ3v) is 6.20. The van der Waals surface area contributed by atoms with Crippen molar-refractivity contribution in [2.75, 3.05) is 13.2 Å². The van der Waals surface area contributed by atoms with E-state index in [9.17, 15) is 9.59 Å². The smallest absolute Gasteiger partial charge is 0.261 e. The Bertz CT molecular complexity index is 875. The van der Waals surface area contributed by atoms with Gasteiger partial charge in [0.05, 0.1) is 0 Å². The quantitative estimate of drug-likeness (QED) is 0.572. The molecule has 0 aromatic heterocycles. The number of nitrogens with zero attached hydrogens (tertiary/aromatic N) is 1. The number of nitrogens with one attached hydrogen (secondary N) is 1. The molecule has 0 saturated carbocycles. The molecule has 0 spiro atoms. The largest absolute Gasteiger partial charge is 0.484 e. The van der Waals surface area contributed by atoms with Gasteiger partial charge in [-0.15, -0.1) is 0 Å². The summed E-state index contributed by atoms with van der Waals surface area (Å²) in [7, 11) is 0. The lowest BCUT2D eigenvalue weighted by Crippen LogP contribution is -2.50. The van der Waals surface area contributed by atoms with E-state index in [-0.39, 0.29) is 18.4 Å². The Hall–Kier alpha value is -2.34. The Kier molecular flexibility index (Phi) is 8.90. The van der Waals surface area contributed by atoms with E-state index in [2.05, 4.69) is 21.2 Å². The number of aryl methyl sites for hydroxylation is 3. The van der Waals surface area contributed by atoms with E-state index in [1.165, 1.54) is 0 Å². The first kappa shape index (κ1) is 23.9. The Morgan fingerprint density at radius 2 is 1.77 bits per heavy atom. The van der Waals surface area contributed by atoms with E-state index in [0.717, 1.165) is 26.7 Å². The van der Waals surface area contributed by atoms with E-state index >= 15 is 0 Å². The SMILES string of the molecule is CCNC(=O)C(CC)N(Cc1cccc(C)c1)C(=O)COc1cc(C)c(Br)c(C)c1. The molecule has 1 atom stereocenters. The molecule has 2 aromatic carbocycles. The van der Waals surface area contributed by atoms with E-state index < -0.39 is 6.04 Å². The summed E-state index contributed by atoms with van der Waals surface area (Å²) in [5, 5.41) is 2.85. The number of likely N-dealkylation sites (N-methyl/N-ethyl adjacent to an activating group) is 1. The molecule has 2 rings (SSSR count). The lowest BCUT2D eigenvalue weighted by Gasteiger charge is -2.30. The first-order chi connectivity index (χ1) is 14.3. The van der Waals surface area contributed by atoms with E-state index in [1.807, 2.05) is 71.0 Å². The second-order valence-corrected chi connectivity index (χ2v) is 8.28. The summed E-state index contributed by atoms with van der Waals surface area (Å²) in [6.07, 6.45) is 0.528. The first-order valence-electron chi connectivity index (χ1n) is 10.3. The Labute approximate surface area is 187 Å². The van der Waals surface area contributed by atoms with Gasteiger partial charge in [0, 0.05) is 17.6 Å². The molecule has 2 amide bonds. The molecule has 0 radical (unpaired) electrons. The lowest BCUT2D eigenvalue weighted by atomic mass is 10.1. The molecule has 6 heteroatoms. The van der Waals surface area contributed by atoms with Crippen LogP contribution in [0.3, 0.4) is 0 Å². The summed E-state index contributed by atoms with van der Waals surface area (Å²) >= 11 is 3.54. The number of carbonyl (C=O) groups excluding carboxylic acids is 2. The lowest BCUT2D eigenvalue weighted by molar-refractivity contribution is -0.142. The molecule has 0 saturated heterocycles. The standard InChI is InChI=1S/C24H31BrN2O3/c1-6-21(24(29)26-7-2)27(14-19-10-8-9-16(3)11-19)22(28)15-30-20-12-17(4)23(25)18(5)13-20/h8-13,21H,6-7,14-15H2,1-5H3,(H,26,29). The Balaban J connectivity index is 2.23. The topological polar surface area (TPSA) is 58.6 Å². The summed E-state index contributed by atoms with van der Waals surface area (Å²) in [4.78, 5) is 27.4. The van der Waals surface area contributed by atoms with Crippen molar-refractivity contribution in [3.8, 4) is 5.75 Å². The summed E-state index contributed by atoms with van der Waals surface area (Å²) in [6.45, 7) is 10.5. The first-order valence-corrected chi connectivity index (χ1v) is 11.1. The molecule has 0 bridgehead atoms. The van der Waals surface area contributed by atoms with Gasteiger partial charge in [0.2, 0.25) is 5.91 Å². The maximum atomic E-state index is 13.2. The molecule has 0 aliphatic carbocycles. The maximum Gasteiger partial charge on any atom is 0.261 e. The van der Waals surface area contributed by atoms with E-state index in [0.29, 0.717) is 25.3 Å². The molecule has 1 N–H and O–H groups in total. The van der Waals surface area contributed by atoms with Crippen molar-refractivity contribution in [3.63, 3.8) is 0 Å². The zero-order chi connectivity index (χ0) is 22.3. The van der Waals surface area contributed by atoms with Crippen molar-refractivity contribution >= 4 is 27.7 Å². The van der Waals surface area contributed by atoms with Crippen LogP contribution in [0.5, 0.6) is 5.75 Å². The zero-order valence-electron chi connectivity index (χ0n) is 18.4.